The van der Waals surface area contributed by atoms with Crippen LogP contribution in [0.15, 0.2) is 24.4 Å². The molecule has 1 aliphatic carbocycles. The lowest BCUT2D eigenvalue weighted by molar-refractivity contribution is -0.124. The molecule has 3 rings (SSSR count). The van der Waals surface area contributed by atoms with Gasteiger partial charge in [-0.2, -0.15) is 5.10 Å². The molecule has 0 saturated carbocycles. The fourth-order valence-electron chi connectivity index (χ4n) is 2.93. The summed E-state index contributed by atoms with van der Waals surface area (Å²) in [5.74, 6) is -1.37. The van der Waals surface area contributed by atoms with E-state index in [1.54, 1.807) is 10.9 Å². The fraction of sp³-hybridized carbons (Fsp3) is 0.412. The standard InChI is InChI=1S/C17H19F2N3O/c1-10(2)17(23)21-15-4-3-5-16-14(15)9-20-22(16)13-7-11(18)6-12(19)8-13/h6-10,15H,3-5H2,1-2H3,(H,21,23)/t15-/m1/s1. The first-order valence-electron chi connectivity index (χ1n) is 7.79. The van der Waals surface area contributed by atoms with Crippen LogP contribution in [-0.2, 0) is 11.2 Å². The third-order valence-corrected chi connectivity index (χ3v) is 4.12. The van der Waals surface area contributed by atoms with Crippen LogP contribution in [0.1, 0.15) is 44.0 Å². The Bertz CT molecular complexity index is 719. The van der Waals surface area contributed by atoms with Gasteiger partial charge in [0.1, 0.15) is 11.6 Å². The molecule has 1 N–H and O–H groups in total. The molecule has 0 saturated heterocycles. The van der Waals surface area contributed by atoms with Gasteiger partial charge in [0.25, 0.3) is 0 Å². The summed E-state index contributed by atoms with van der Waals surface area (Å²) in [5.41, 5.74) is 2.19. The molecule has 1 aromatic carbocycles. The van der Waals surface area contributed by atoms with Crippen molar-refractivity contribution in [1.29, 1.82) is 0 Å². The Kier molecular flexibility index (Phi) is 4.15. The number of rotatable bonds is 3. The molecule has 2 aromatic rings. The van der Waals surface area contributed by atoms with Crippen molar-refractivity contribution in [3.63, 3.8) is 0 Å². The predicted octanol–water partition coefficient (Wildman–Crippen LogP) is 3.30. The number of carbonyl (C=O) groups excluding carboxylic acids is 1. The van der Waals surface area contributed by atoms with Crippen molar-refractivity contribution in [3.8, 4) is 5.69 Å². The van der Waals surface area contributed by atoms with Gasteiger partial charge in [-0.25, -0.2) is 13.5 Å². The maximum Gasteiger partial charge on any atom is 0.223 e. The zero-order valence-electron chi connectivity index (χ0n) is 13.1. The third-order valence-electron chi connectivity index (χ3n) is 4.12. The van der Waals surface area contributed by atoms with Crippen molar-refractivity contribution in [2.45, 2.75) is 39.2 Å². The largest absolute Gasteiger partial charge is 0.349 e. The molecule has 0 radical (unpaired) electrons. The molecule has 1 aromatic heterocycles. The minimum absolute atomic E-state index is 0.00704. The Morgan fingerprint density at radius 3 is 2.65 bits per heavy atom. The highest BCUT2D eigenvalue weighted by atomic mass is 19.1. The number of benzene rings is 1. The molecular formula is C17H19F2N3O. The Hall–Kier alpha value is -2.24. The first-order chi connectivity index (χ1) is 11.0. The van der Waals surface area contributed by atoms with Crippen LogP contribution < -0.4 is 5.32 Å². The molecule has 1 aliphatic rings. The predicted molar refractivity (Wildman–Crippen MR) is 82.1 cm³/mol. The van der Waals surface area contributed by atoms with Crippen molar-refractivity contribution in [3.05, 3.63) is 47.3 Å². The Morgan fingerprint density at radius 2 is 2.00 bits per heavy atom. The van der Waals surface area contributed by atoms with Gasteiger partial charge < -0.3 is 5.32 Å². The molecule has 0 spiro atoms. The molecule has 4 nitrogen and oxygen atoms in total. The maximum atomic E-state index is 13.5. The summed E-state index contributed by atoms with van der Waals surface area (Å²) >= 11 is 0. The van der Waals surface area contributed by atoms with Crippen molar-refractivity contribution in [2.75, 3.05) is 0 Å². The van der Waals surface area contributed by atoms with Crippen molar-refractivity contribution < 1.29 is 13.6 Å². The lowest BCUT2D eigenvalue weighted by Crippen LogP contribution is -2.33. The van der Waals surface area contributed by atoms with Crippen molar-refractivity contribution >= 4 is 5.91 Å². The average Bonchev–Trinajstić information content (AvgIpc) is 2.91. The highest BCUT2D eigenvalue weighted by molar-refractivity contribution is 5.78. The van der Waals surface area contributed by atoms with E-state index in [1.807, 2.05) is 13.8 Å². The third kappa shape index (κ3) is 3.11. The topological polar surface area (TPSA) is 46.9 Å². The van der Waals surface area contributed by atoms with Crippen molar-refractivity contribution in [1.82, 2.24) is 15.1 Å². The number of aromatic nitrogens is 2. The molecule has 6 heteroatoms. The first-order valence-corrected chi connectivity index (χ1v) is 7.79. The van der Waals surface area contributed by atoms with Crippen LogP contribution in [0.3, 0.4) is 0 Å². The van der Waals surface area contributed by atoms with Gasteiger partial charge in [-0.15, -0.1) is 0 Å². The van der Waals surface area contributed by atoms with Crippen LogP contribution in [0.25, 0.3) is 5.69 Å². The lowest BCUT2D eigenvalue weighted by atomic mass is 9.92. The van der Waals surface area contributed by atoms with Gasteiger partial charge in [0, 0.05) is 23.2 Å². The fourth-order valence-corrected chi connectivity index (χ4v) is 2.93. The lowest BCUT2D eigenvalue weighted by Gasteiger charge is -2.25. The van der Waals surface area contributed by atoms with Gasteiger partial charge in [-0.3, -0.25) is 4.79 Å². The van der Waals surface area contributed by atoms with E-state index >= 15 is 0 Å². The molecule has 1 heterocycles. The smallest absolute Gasteiger partial charge is 0.223 e. The number of nitrogens with zero attached hydrogens (tertiary/aromatic N) is 2. The van der Waals surface area contributed by atoms with Gasteiger partial charge in [-0.05, 0) is 31.4 Å². The molecule has 0 aliphatic heterocycles. The van der Waals surface area contributed by atoms with E-state index in [-0.39, 0.29) is 17.9 Å². The van der Waals surface area contributed by atoms with Crippen LogP contribution in [0.2, 0.25) is 0 Å². The Labute approximate surface area is 133 Å². The number of hydrogen-bond acceptors (Lipinski definition) is 2. The van der Waals surface area contributed by atoms with Crippen LogP contribution in [-0.4, -0.2) is 15.7 Å². The summed E-state index contributed by atoms with van der Waals surface area (Å²) in [6.45, 7) is 3.69. The second-order valence-corrected chi connectivity index (χ2v) is 6.19. The highest BCUT2D eigenvalue weighted by Gasteiger charge is 2.26. The monoisotopic (exact) mass is 319 g/mol. The van der Waals surface area contributed by atoms with E-state index in [0.717, 1.165) is 36.6 Å². The zero-order chi connectivity index (χ0) is 16.6. The van der Waals surface area contributed by atoms with Gasteiger partial charge in [0.05, 0.1) is 17.9 Å². The molecule has 0 unspecified atom stereocenters. The summed E-state index contributed by atoms with van der Waals surface area (Å²) in [7, 11) is 0. The SMILES string of the molecule is CC(C)C(=O)N[C@@H]1CCCc2c1cnn2-c1cc(F)cc(F)c1. The number of carbonyl (C=O) groups is 1. The quantitative estimate of drug-likeness (QED) is 0.943. The number of halogens is 2. The maximum absolute atomic E-state index is 13.5. The highest BCUT2D eigenvalue weighted by Crippen LogP contribution is 2.31. The van der Waals surface area contributed by atoms with E-state index in [1.165, 1.54) is 12.1 Å². The van der Waals surface area contributed by atoms with E-state index < -0.39 is 11.6 Å². The van der Waals surface area contributed by atoms with Crippen LogP contribution in [0.5, 0.6) is 0 Å². The van der Waals surface area contributed by atoms with E-state index in [9.17, 15) is 13.6 Å². The van der Waals surface area contributed by atoms with Gasteiger partial charge in [0.15, 0.2) is 0 Å². The summed E-state index contributed by atoms with van der Waals surface area (Å²) in [6, 6.07) is 3.26. The Morgan fingerprint density at radius 1 is 1.30 bits per heavy atom. The minimum Gasteiger partial charge on any atom is -0.349 e. The van der Waals surface area contributed by atoms with Crippen molar-refractivity contribution in [2.24, 2.45) is 5.92 Å². The molecular weight excluding hydrogens is 300 g/mol. The first kappa shape index (κ1) is 15.6. The van der Waals surface area contributed by atoms with E-state index in [2.05, 4.69) is 10.4 Å². The van der Waals surface area contributed by atoms with Crippen LogP contribution >= 0.6 is 0 Å². The number of amides is 1. The van der Waals surface area contributed by atoms with Gasteiger partial charge >= 0.3 is 0 Å². The van der Waals surface area contributed by atoms with Gasteiger partial charge in [0.2, 0.25) is 5.91 Å². The normalized spacial score (nSPS) is 17.2. The Balaban J connectivity index is 1.95. The molecule has 23 heavy (non-hydrogen) atoms. The second-order valence-electron chi connectivity index (χ2n) is 6.19. The van der Waals surface area contributed by atoms with E-state index in [0.29, 0.717) is 5.69 Å². The van der Waals surface area contributed by atoms with Crippen LogP contribution in [0.4, 0.5) is 8.78 Å². The molecule has 0 bridgehead atoms. The average molecular weight is 319 g/mol. The summed E-state index contributed by atoms with van der Waals surface area (Å²) in [6.07, 6.45) is 4.18. The van der Waals surface area contributed by atoms with Crippen LogP contribution in [0, 0.1) is 17.6 Å². The summed E-state index contributed by atoms with van der Waals surface area (Å²) < 4.78 is 28.5. The zero-order valence-corrected chi connectivity index (χ0v) is 13.1. The summed E-state index contributed by atoms with van der Waals surface area (Å²) in [4.78, 5) is 11.9. The molecule has 1 atom stereocenters. The minimum atomic E-state index is -0.635. The summed E-state index contributed by atoms with van der Waals surface area (Å²) in [5, 5.41) is 7.31. The molecule has 122 valence electrons. The molecule has 0 fully saturated rings. The molecule has 1 amide bonds. The number of hydrogen-bond donors (Lipinski definition) is 1. The number of nitrogens with one attached hydrogen (secondary N) is 1. The van der Waals surface area contributed by atoms with Gasteiger partial charge in [-0.1, -0.05) is 13.8 Å². The van der Waals surface area contributed by atoms with E-state index in [4.69, 9.17) is 0 Å². The number of fused-ring (bicyclic) bond motifs is 1. The second kappa shape index (κ2) is 6.10.